The van der Waals surface area contributed by atoms with Crippen LogP contribution in [0.2, 0.25) is 0 Å². The Morgan fingerprint density at radius 1 is 0.966 bits per heavy atom. The van der Waals surface area contributed by atoms with Gasteiger partial charge in [-0.05, 0) is 6.92 Å². The van der Waals surface area contributed by atoms with Gasteiger partial charge in [0.25, 0.3) is 5.91 Å². The van der Waals surface area contributed by atoms with Gasteiger partial charge in [0.05, 0.1) is 19.6 Å². The number of ketones is 1. The zero-order valence-corrected chi connectivity index (χ0v) is 16.5. The van der Waals surface area contributed by atoms with Crippen molar-refractivity contribution >= 4 is 17.7 Å². The molecule has 0 N–H and O–H groups in total. The van der Waals surface area contributed by atoms with Crippen LogP contribution in [0.4, 0.5) is 0 Å². The Hall–Kier alpha value is -2.99. The fraction of sp³-hybridized carbons (Fsp3) is 0.348. The summed E-state index contributed by atoms with van der Waals surface area (Å²) in [6, 6.07) is 16.2. The van der Waals surface area contributed by atoms with E-state index in [9.17, 15) is 14.4 Å². The normalized spacial score (nSPS) is 14.9. The average molecular weight is 395 g/mol. The minimum atomic E-state index is -1.02. The number of hydrogen-bond acceptors (Lipinski definition) is 5. The standard InChI is InChI=1S/C23H25NO5/c1-17-7-9-18(10-8-17)20(25)11-12-21(26)29-22(19-5-3-2-4-6-19)23(27)24-13-15-28-16-14-24/h2-10,22H,11-16H2,1H3/t22-/m1/s1. The molecule has 6 heteroatoms. The second-order valence-electron chi connectivity index (χ2n) is 7.01. The number of ether oxygens (including phenoxy) is 2. The summed E-state index contributed by atoms with van der Waals surface area (Å²) in [5, 5.41) is 0. The largest absolute Gasteiger partial charge is 0.447 e. The van der Waals surface area contributed by atoms with E-state index in [4.69, 9.17) is 9.47 Å². The van der Waals surface area contributed by atoms with Gasteiger partial charge >= 0.3 is 5.97 Å². The van der Waals surface area contributed by atoms with Crippen molar-refractivity contribution in [3.63, 3.8) is 0 Å². The molecule has 0 aromatic heterocycles. The van der Waals surface area contributed by atoms with Gasteiger partial charge in [-0.25, -0.2) is 0 Å². The van der Waals surface area contributed by atoms with E-state index >= 15 is 0 Å². The molecule has 29 heavy (non-hydrogen) atoms. The monoisotopic (exact) mass is 395 g/mol. The molecule has 0 unspecified atom stereocenters. The second kappa shape index (κ2) is 9.98. The van der Waals surface area contributed by atoms with Gasteiger partial charge in [0, 0.05) is 30.6 Å². The molecule has 0 saturated carbocycles. The van der Waals surface area contributed by atoms with Crippen molar-refractivity contribution in [1.29, 1.82) is 0 Å². The predicted molar refractivity (Wildman–Crippen MR) is 107 cm³/mol. The van der Waals surface area contributed by atoms with E-state index in [2.05, 4.69) is 0 Å². The molecule has 1 saturated heterocycles. The first-order valence-electron chi connectivity index (χ1n) is 9.75. The van der Waals surface area contributed by atoms with Gasteiger partial charge < -0.3 is 14.4 Å². The van der Waals surface area contributed by atoms with E-state index in [0.29, 0.717) is 37.4 Å². The van der Waals surface area contributed by atoms with E-state index in [1.807, 2.05) is 25.1 Å². The highest BCUT2D eigenvalue weighted by Crippen LogP contribution is 2.22. The summed E-state index contributed by atoms with van der Waals surface area (Å²) >= 11 is 0. The zero-order valence-electron chi connectivity index (χ0n) is 16.5. The topological polar surface area (TPSA) is 72.9 Å². The van der Waals surface area contributed by atoms with E-state index in [1.165, 1.54) is 0 Å². The highest BCUT2D eigenvalue weighted by atomic mass is 16.5. The smallest absolute Gasteiger partial charge is 0.307 e. The number of aryl methyl sites for hydroxylation is 1. The number of morpholine rings is 1. The number of Topliss-reactive ketones (excluding diaryl/α,β-unsaturated/α-hetero) is 1. The Morgan fingerprint density at radius 3 is 2.28 bits per heavy atom. The summed E-state index contributed by atoms with van der Waals surface area (Å²) in [6.07, 6.45) is -1.06. The molecule has 6 nitrogen and oxygen atoms in total. The SMILES string of the molecule is Cc1ccc(C(=O)CCC(=O)O[C@@H](C(=O)N2CCOCC2)c2ccccc2)cc1. The fourth-order valence-electron chi connectivity index (χ4n) is 3.13. The van der Waals surface area contributed by atoms with Crippen LogP contribution in [0.1, 0.15) is 40.4 Å². The zero-order chi connectivity index (χ0) is 20.6. The quantitative estimate of drug-likeness (QED) is 0.532. The molecule has 2 aromatic carbocycles. The third kappa shape index (κ3) is 5.74. The van der Waals surface area contributed by atoms with Crippen molar-refractivity contribution in [1.82, 2.24) is 4.90 Å². The molecule has 1 aliphatic heterocycles. The molecular formula is C23H25NO5. The average Bonchev–Trinajstić information content (AvgIpc) is 2.77. The van der Waals surface area contributed by atoms with Crippen molar-refractivity contribution < 1.29 is 23.9 Å². The highest BCUT2D eigenvalue weighted by molar-refractivity contribution is 5.97. The summed E-state index contributed by atoms with van der Waals surface area (Å²) in [7, 11) is 0. The number of benzene rings is 2. The number of carbonyl (C=O) groups is 3. The van der Waals surface area contributed by atoms with Crippen LogP contribution in [0, 0.1) is 6.92 Å². The van der Waals surface area contributed by atoms with Crippen molar-refractivity contribution in [2.24, 2.45) is 0 Å². The lowest BCUT2D eigenvalue weighted by atomic mass is 10.0. The van der Waals surface area contributed by atoms with Crippen LogP contribution in [-0.2, 0) is 19.1 Å². The lowest BCUT2D eigenvalue weighted by molar-refractivity contribution is -0.162. The number of carbonyl (C=O) groups excluding carboxylic acids is 3. The Kier molecular flexibility index (Phi) is 7.14. The van der Waals surface area contributed by atoms with Crippen LogP contribution >= 0.6 is 0 Å². The van der Waals surface area contributed by atoms with Crippen molar-refractivity contribution in [3.8, 4) is 0 Å². The molecular weight excluding hydrogens is 370 g/mol. The molecule has 1 aliphatic rings. The molecule has 1 atom stereocenters. The van der Waals surface area contributed by atoms with Crippen LogP contribution in [-0.4, -0.2) is 48.9 Å². The lowest BCUT2D eigenvalue weighted by Crippen LogP contribution is -2.44. The summed E-state index contributed by atoms with van der Waals surface area (Å²) in [6.45, 7) is 3.80. The van der Waals surface area contributed by atoms with Crippen LogP contribution in [0.5, 0.6) is 0 Å². The minimum absolute atomic E-state index is 0.0369. The molecule has 1 heterocycles. The molecule has 1 amide bonds. The third-order valence-corrected chi connectivity index (χ3v) is 4.83. The first-order chi connectivity index (χ1) is 14.0. The maximum absolute atomic E-state index is 13.0. The van der Waals surface area contributed by atoms with Gasteiger partial charge in [-0.1, -0.05) is 60.2 Å². The highest BCUT2D eigenvalue weighted by Gasteiger charge is 2.30. The summed E-state index contributed by atoms with van der Waals surface area (Å²) in [5.41, 5.74) is 2.24. The van der Waals surface area contributed by atoms with Crippen LogP contribution in [0.25, 0.3) is 0 Å². The molecule has 0 bridgehead atoms. The molecule has 0 radical (unpaired) electrons. The number of amides is 1. The Labute approximate surface area is 170 Å². The number of esters is 1. The first kappa shape index (κ1) is 20.7. The lowest BCUT2D eigenvalue weighted by Gasteiger charge is -2.30. The molecule has 152 valence electrons. The third-order valence-electron chi connectivity index (χ3n) is 4.83. The van der Waals surface area contributed by atoms with Crippen molar-refractivity contribution in [2.75, 3.05) is 26.3 Å². The summed E-state index contributed by atoms with van der Waals surface area (Å²) in [4.78, 5) is 39.3. The minimum Gasteiger partial charge on any atom is -0.447 e. The van der Waals surface area contributed by atoms with Gasteiger partial charge in [-0.15, -0.1) is 0 Å². The van der Waals surface area contributed by atoms with Crippen LogP contribution < -0.4 is 0 Å². The van der Waals surface area contributed by atoms with Gasteiger partial charge in [0.1, 0.15) is 0 Å². The van der Waals surface area contributed by atoms with Crippen molar-refractivity contribution in [3.05, 3.63) is 71.3 Å². The Bertz CT molecular complexity index is 841. The first-order valence-corrected chi connectivity index (χ1v) is 9.75. The number of rotatable bonds is 7. The Morgan fingerprint density at radius 2 is 1.62 bits per heavy atom. The maximum Gasteiger partial charge on any atom is 0.307 e. The van der Waals surface area contributed by atoms with Crippen LogP contribution in [0.15, 0.2) is 54.6 Å². The van der Waals surface area contributed by atoms with Gasteiger partial charge in [-0.3, -0.25) is 14.4 Å². The second-order valence-corrected chi connectivity index (χ2v) is 7.01. The molecule has 3 rings (SSSR count). The van der Waals surface area contributed by atoms with E-state index < -0.39 is 12.1 Å². The summed E-state index contributed by atoms with van der Waals surface area (Å²) < 4.78 is 10.8. The number of nitrogens with zero attached hydrogens (tertiary/aromatic N) is 1. The maximum atomic E-state index is 13.0. The van der Waals surface area contributed by atoms with Crippen molar-refractivity contribution in [2.45, 2.75) is 25.9 Å². The predicted octanol–water partition coefficient (Wildman–Crippen LogP) is 3.10. The molecule has 1 fully saturated rings. The van der Waals surface area contributed by atoms with Gasteiger partial charge in [0.15, 0.2) is 5.78 Å². The molecule has 0 spiro atoms. The molecule has 0 aliphatic carbocycles. The molecule has 2 aromatic rings. The van der Waals surface area contributed by atoms with E-state index in [-0.39, 0.29) is 24.5 Å². The van der Waals surface area contributed by atoms with Gasteiger partial charge in [-0.2, -0.15) is 0 Å². The van der Waals surface area contributed by atoms with E-state index in [1.54, 1.807) is 41.3 Å². The summed E-state index contributed by atoms with van der Waals surface area (Å²) in [5.74, 6) is -0.962. The Balaban J connectivity index is 1.63. The van der Waals surface area contributed by atoms with E-state index in [0.717, 1.165) is 5.56 Å². The van der Waals surface area contributed by atoms with Crippen LogP contribution in [0.3, 0.4) is 0 Å². The van der Waals surface area contributed by atoms with Gasteiger partial charge in [0.2, 0.25) is 6.10 Å². The fourth-order valence-corrected chi connectivity index (χ4v) is 3.13. The number of hydrogen-bond donors (Lipinski definition) is 0.